The third-order valence-corrected chi connectivity index (χ3v) is 4.16. The van der Waals surface area contributed by atoms with Gasteiger partial charge >= 0.3 is 0 Å². The first-order chi connectivity index (χ1) is 10.9. The summed E-state index contributed by atoms with van der Waals surface area (Å²) in [6.45, 7) is 3.71. The first-order valence-electron chi connectivity index (χ1n) is 7.67. The molecule has 0 aliphatic rings. The Morgan fingerprint density at radius 1 is 1.30 bits per heavy atom. The largest absolute Gasteiger partial charge is 0.375 e. The van der Waals surface area contributed by atoms with Gasteiger partial charge in [-0.2, -0.15) is 0 Å². The fourth-order valence-electron chi connectivity index (χ4n) is 1.90. The highest BCUT2D eigenvalue weighted by Gasteiger charge is 2.09. The molecule has 0 bridgehead atoms. The Morgan fingerprint density at radius 2 is 2.00 bits per heavy atom. The van der Waals surface area contributed by atoms with E-state index in [9.17, 15) is 8.42 Å². The van der Waals surface area contributed by atoms with E-state index < -0.39 is 9.84 Å². The molecule has 1 aromatic carbocycles. The number of hydrogen-bond acceptors (Lipinski definition) is 4. The lowest BCUT2D eigenvalue weighted by atomic mass is 10.2. The standard InChI is InChI=1S/C16H27N3O3S/c1-14(9-12-23(3,20)21)19-16(17-2)18-10-11-22-13-15-7-5-4-6-8-15/h4-8,14H,9-13H2,1-3H3,(H2,17,18,19). The van der Waals surface area contributed by atoms with Crippen LogP contribution in [0.25, 0.3) is 0 Å². The van der Waals surface area contributed by atoms with Gasteiger partial charge < -0.3 is 15.4 Å². The average molecular weight is 341 g/mol. The van der Waals surface area contributed by atoms with Crippen LogP contribution in [-0.4, -0.2) is 52.6 Å². The quantitative estimate of drug-likeness (QED) is 0.401. The van der Waals surface area contributed by atoms with Crippen molar-refractivity contribution in [1.82, 2.24) is 10.6 Å². The van der Waals surface area contributed by atoms with Crippen molar-refractivity contribution in [1.29, 1.82) is 0 Å². The van der Waals surface area contributed by atoms with Crippen LogP contribution < -0.4 is 10.6 Å². The average Bonchev–Trinajstić information content (AvgIpc) is 2.52. The molecule has 0 radical (unpaired) electrons. The number of nitrogens with one attached hydrogen (secondary N) is 2. The summed E-state index contributed by atoms with van der Waals surface area (Å²) in [6, 6.07) is 10.0. The molecule has 6 nitrogen and oxygen atoms in total. The van der Waals surface area contributed by atoms with Crippen LogP contribution in [0.15, 0.2) is 35.3 Å². The third-order valence-electron chi connectivity index (χ3n) is 3.18. The van der Waals surface area contributed by atoms with Crippen molar-refractivity contribution < 1.29 is 13.2 Å². The minimum absolute atomic E-state index is 0.0289. The lowest BCUT2D eigenvalue weighted by molar-refractivity contribution is 0.125. The van der Waals surface area contributed by atoms with Gasteiger partial charge in [0, 0.05) is 25.9 Å². The maximum absolute atomic E-state index is 11.2. The first-order valence-corrected chi connectivity index (χ1v) is 9.73. The zero-order valence-corrected chi connectivity index (χ0v) is 14.9. The van der Waals surface area contributed by atoms with E-state index in [1.807, 2.05) is 37.3 Å². The van der Waals surface area contributed by atoms with E-state index in [0.29, 0.717) is 32.1 Å². The van der Waals surface area contributed by atoms with E-state index >= 15 is 0 Å². The van der Waals surface area contributed by atoms with Crippen LogP contribution in [0.3, 0.4) is 0 Å². The molecule has 7 heteroatoms. The van der Waals surface area contributed by atoms with Gasteiger partial charge in [0.1, 0.15) is 9.84 Å². The monoisotopic (exact) mass is 341 g/mol. The van der Waals surface area contributed by atoms with Crippen molar-refractivity contribution in [3.05, 3.63) is 35.9 Å². The predicted molar refractivity (Wildman–Crippen MR) is 94.4 cm³/mol. The zero-order valence-electron chi connectivity index (χ0n) is 14.1. The van der Waals surface area contributed by atoms with Gasteiger partial charge in [0.05, 0.1) is 19.0 Å². The molecule has 0 saturated heterocycles. The van der Waals surface area contributed by atoms with Gasteiger partial charge in [-0.3, -0.25) is 4.99 Å². The maximum Gasteiger partial charge on any atom is 0.191 e. The van der Waals surface area contributed by atoms with Crippen LogP contribution >= 0.6 is 0 Å². The van der Waals surface area contributed by atoms with E-state index in [1.165, 1.54) is 6.26 Å². The van der Waals surface area contributed by atoms with Gasteiger partial charge in [0.15, 0.2) is 5.96 Å². The Morgan fingerprint density at radius 3 is 2.61 bits per heavy atom. The molecule has 0 amide bonds. The summed E-state index contributed by atoms with van der Waals surface area (Å²) in [7, 11) is -1.25. The zero-order chi connectivity index (χ0) is 17.1. The topological polar surface area (TPSA) is 79.8 Å². The summed E-state index contributed by atoms with van der Waals surface area (Å²) < 4.78 is 27.9. The second-order valence-electron chi connectivity index (χ2n) is 5.50. The summed E-state index contributed by atoms with van der Waals surface area (Å²) in [4.78, 5) is 4.12. The minimum Gasteiger partial charge on any atom is -0.375 e. The molecular formula is C16H27N3O3S. The summed E-state index contributed by atoms with van der Waals surface area (Å²) >= 11 is 0. The number of hydrogen-bond donors (Lipinski definition) is 2. The SMILES string of the molecule is CN=C(NCCOCc1ccccc1)NC(C)CCS(C)(=O)=O. The molecule has 130 valence electrons. The summed E-state index contributed by atoms with van der Waals surface area (Å²) in [5.41, 5.74) is 1.14. The lowest BCUT2D eigenvalue weighted by Gasteiger charge is -2.17. The van der Waals surface area contributed by atoms with Gasteiger partial charge in [0.2, 0.25) is 0 Å². The molecule has 23 heavy (non-hydrogen) atoms. The van der Waals surface area contributed by atoms with Gasteiger partial charge in [-0.15, -0.1) is 0 Å². The Kier molecular flexibility index (Phi) is 8.65. The van der Waals surface area contributed by atoms with Crippen LogP contribution in [-0.2, 0) is 21.2 Å². The molecular weight excluding hydrogens is 314 g/mol. The highest BCUT2D eigenvalue weighted by molar-refractivity contribution is 7.90. The van der Waals surface area contributed by atoms with Crippen LogP contribution in [0, 0.1) is 0 Å². The van der Waals surface area contributed by atoms with Gasteiger partial charge in [-0.1, -0.05) is 30.3 Å². The molecule has 0 fully saturated rings. The number of aliphatic imine (C=N–C) groups is 1. The molecule has 0 aliphatic carbocycles. The molecule has 1 atom stereocenters. The Labute approximate surface area is 139 Å². The molecule has 0 saturated carbocycles. The van der Waals surface area contributed by atoms with Crippen LogP contribution in [0.1, 0.15) is 18.9 Å². The third kappa shape index (κ3) is 9.91. The van der Waals surface area contributed by atoms with Crippen molar-refractivity contribution in [2.24, 2.45) is 4.99 Å². The predicted octanol–water partition coefficient (Wildman–Crippen LogP) is 1.19. The molecule has 1 rings (SSSR count). The molecule has 2 N–H and O–H groups in total. The van der Waals surface area contributed by atoms with E-state index in [2.05, 4.69) is 15.6 Å². The van der Waals surface area contributed by atoms with Crippen molar-refractivity contribution >= 4 is 15.8 Å². The number of ether oxygens (including phenoxy) is 1. The number of rotatable bonds is 9. The molecule has 0 heterocycles. The Hall–Kier alpha value is -1.60. The van der Waals surface area contributed by atoms with Crippen molar-refractivity contribution in [2.45, 2.75) is 26.0 Å². The smallest absolute Gasteiger partial charge is 0.191 e. The Bertz CT molecular complexity index is 573. The molecule has 1 aromatic rings. The number of benzene rings is 1. The molecule has 1 unspecified atom stereocenters. The minimum atomic E-state index is -2.93. The van der Waals surface area contributed by atoms with E-state index in [1.54, 1.807) is 7.05 Å². The summed E-state index contributed by atoms with van der Waals surface area (Å²) in [5, 5.41) is 6.31. The Balaban J connectivity index is 2.18. The van der Waals surface area contributed by atoms with Crippen LogP contribution in [0.4, 0.5) is 0 Å². The number of guanidine groups is 1. The van der Waals surface area contributed by atoms with Crippen LogP contribution in [0.2, 0.25) is 0 Å². The lowest BCUT2D eigenvalue weighted by Crippen LogP contribution is -2.43. The van der Waals surface area contributed by atoms with Gasteiger partial charge in [-0.05, 0) is 18.9 Å². The molecule has 0 aliphatic heterocycles. The van der Waals surface area contributed by atoms with E-state index in [4.69, 9.17) is 4.74 Å². The van der Waals surface area contributed by atoms with E-state index in [0.717, 1.165) is 5.56 Å². The van der Waals surface area contributed by atoms with Crippen molar-refractivity contribution in [3.8, 4) is 0 Å². The second-order valence-corrected chi connectivity index (χ2v) is 7.76. The normalized spacial score (nSPS) is 13.6. The first kappa shape index (κ1) is 19.4. The fraction of sp³-hybridized carbons (Fsp3) is 0.562. The van der Waals surface area contributed by atoms with Gasteiger partial charge in [0.25, 0.3) is 0 Å². The van der Waals surface area contributed by atoms with E-state index in [-0.39, 0.29) is 11.8 Å². The highest BCUT2D eigenvalue weighted by atomic mass is 32.2. The second kappa shape index (κ2) is 10.2. The van der Waals surface area contributed by atoms with Crippen molar-refractivity contribution in [3.63, 3.8) is 0 Å². The molecule has 0 aromatic heterocycles. The van der Waals surface area contributed by atoms with Gasteiger partial charge in [-0.25, -0.2) is 8.42 Å². The summed E-state index contributed by atoms with van der Waals surface area (Å²) in [6.07, 6.45) is 1.79. The van der Waals surface area contributed by atoms with Crippen LogP contribution in [0.5, 0.6) is 0 Å². The number of sulfone groups is 1. The number of nitrogens with zero attached hydrogens (tertiary/aromatic N) is 1. The fourth-order valence-corrected chi connectivity index (χ4v) is 2.68. The molecule has 0 spiro atoms. The highest BCUT2D eigenvalue weighted by Crippen LogP contribution is 1.99. The van der Waals surface area contributed by atoms with Crippen molar-refractivity contribution in [2.75, 3.05) is 32.2 Å². The maximum atomic E-state index is 11.2. The summed E-state index contributed by atoms with van der Waals surface area (Å²) in [5.74, 6) is 0.813.